The van der Waals surface area contributed by atoms with Gasteiger partial charge in [-0.25, -0.2) is 4.98 Å². The third-order valence-corrected chi connectivity index (χ3v) is 5.21. The number of aliphatic hydroxyl groups is 1. The fourth-order valence-corrected chi connectivity index (χ4v) is 3.48. The molecule has 3 rings (SSSR count). The maximum atomic E-state index is 12.5. The van der Waals surface area contributed by atoms with Gasteiger partial charge < -0.3 is 25.4 Å². The number of aromatic nitrogens is 1. The number of aliphatic hydroxyl groups excluding tert-OH is 1. The Labute approximate surface area is 170 Å². The van der Waals surface area contributed by atoms with E-state index in [1.54, 1.807) is 17.5 Å². The zero-order chi connectivity index (χ0) is 20.9. The van der Waals surface area contributed by atoms with Crippen molar-refractivity contribution in [2.75, 3.05) is 44.2 Å². The normalized spacial score (nSPS) is 16.8. The van der Waals surface area contributed by atoms with E-state index in [1.807, 2.05) is 10.3 Å². The van der Waals surface area contributed by atoms with Crippen LogP contribution in [0.4, 0.5) is 18.3 Å². The Morgan fingerprint density at radius 3 is 2.52 bits per heavy atom. The second-order valence-corrected chi connectivity index (χ2v) is 7.35. The van der Waals surface area contributed by atoms with E-state index in [-0.39, 0.29) is 18.9 Å². The van der Waals surface area contributed by atoms with Crippen LogP contribution in [0.2, 0.25) is 0 Å². The minimum atomic E-state index is -4.39. The number of hydrogen-bond acceptors (Lipinski definition) is 6. The van der Waals surface area contributed by atoms with Gasteiger partial charge in [0.05, 0.1) is 12.1 Å². The number of alkyl halides is 3. The average Bonchev–Trinajstić information content (AvgIpc) is 3.25. The van der Waals surface area contributed by atoms with E-state index in [4.69, 9.17) is 10.5 Å². The zero-order valence-electron chi connectivity index (χ0n) is 15.5. The van der Waals surface area contributed by atoms with E-state index in [2.05, 4.69) is 14.9 Å². The van der Waals surface area contributed by atoms with Gasteiger partial charge in [0.1, 0.15) is 18.5 Å². The number of nitrogens with two attached hydrogens (primary N) is 1. The Kier molecular flexibility index (Phi) is 6.80. The van der Waals surface area contributed by atoms with E-state index in [0.29, 0.717) is 19.0 Å². The highest BCUT2D eigenvalue weighted by molar-refractivity contribution is 7.13. The molecule has 158 valence electrons. The lowest BCUT2D eigenvalue weighted by atomic mass is 10.2. The standard InChI is InChI=1S/C18H22F3N5O2S/c19-18(20,21)13-1-3-15(4-2-13)28-12-14(27)11-24-16(22)25-6-8-26(9-7-25)17-23-5-10-29-17/h1-5,10,14,27H,6-9,11-12H2,(H2,22,24). The van der Waals surface area contributed by atoms with Gasteiger partial charge in [-0.05, 0) is 24.3 Å². The van der Waals surface area contributed by atoms with E-state index in [0.717, 1.165) is 30.4 Å². The van der Waals surface area contributed by atoms with Crippen molar-refractivity contribution in [3.8, 4) is 5.75 Å². The first-order valence-corrected chi connectivity index (χ1v) is 9.88. The molecule has 0 saturated carbocycles. The van der Waals surface area contributed by atoms with Crippen LogP contribution in [0.25, 0.3) is 0 Å². The fourth-order valence-electron chi connectivity index (χ4n) is 2.78. The monoisotopic (exact) mass is 429 g/mol. The van der Waals surface area contributed by atoms with Crippen LogP contribution in [0.15, 0.2) is 40.8 Å². The molecule has 29 heavy (non-hydrogen) atoms. The molecule has 1 saturated heterocycles. The van der Waals surface area contributed by atoms with Gasteiger partial charge in [-0.2, -0.15) is 13.2 Å². The number of rotatable bonds is 6. The first-order chi connectivity index (χ1) is 13.8. The van der Waals surface area contributed by atoms with E-state index in [9.17, 15) is 18.3 Å². The van der Waals surface area contributed by atoms with Gasteiger partial charge in [-0.1, -0.05) is 0 Å². The third kappa shape index (κ3) is 5.97. The molecule has 0 spiro atoms. The Hall–Kier alpha value is -2.53. The summed E-state index contributed by atoms with van der Waals surface area (Å²) < 4.78 is 42.9. The molecule has 1 aliphatic rings. The number of ether oxygens (including phenoxy) is 1. The summed E-state index contributed by atoms with van der Waals surface area (Å²) >= 11 is 1.59. The van der Waals surface area contributed by atoms with Crippen molar-refractivity contribution in [1.29, 1.82) is 0 Å². The zero-order valence-corrected chi connectivity index (χ0v) is 16.4. The van der Waals surface area contributed by atoms with Gasteiger partial charge in [0.15, 0.2) is 11.1 Å². The molecule has 0 amide bonds. The number of thiazole rings is 1. The van der Waals surface area contributed by atoms with Crippen LogP contribution < -0.4 is 15.4 Å². The van der Waals surface area contributed by atoms with E-state index in [1.165, 1.54) is 12.1 Å². The number of nitrogens with zero attached hydrogens (tertiary/aromatic N) is 4. The fraction of sp³-hybridized carbons (Fsp3) is 0.444. The molecular weight excluding hydrogens is 407 g/mol. The summed E-state index contributed by atoms with van der Waals surface area (Å²) in [5.41, 5.74) is 5.26. The largest absolute Gasteiger partial charge is 0.491 e. The highest BCUT2D eigenvalue weighted by Gasteiger charge is 2.30. The molecule has 1 unspecified atom stereocenters. The molecule has 3 N–H and O–H groups in total. The molecule has 1 fully saturated rings. The SMILES string of the molecule is NC(=NCC(O)COc1ccc(C(F)(F)F)cc1)N1CCN(c2nccs2)CC1. The summed E-state index contributed by atoms with van der Waals surface area (Å²) in [7, 11) is 0. The second-order valence-electron chi connectivity index (χ2n) is 6.47. The number of benzene rings is 1. The summed E-state index contributed by atoms with van der Waals surface area (Å²) in [6, 6.07) is 4.30. The Morgan fingerprint density at radius 2 is 1.93 bits per heavy atom. The molecule has 0 bridgehead atoms. The summed E-state index contributed by atoms with van der Waals surface area (Å²) in [6.45, 7) is 2.91. The predicted molar refractivity (Wildman–Crippen MR) is 105 cm³/mol. The quantitative estimate of drug-likeness (QED) is 0.540. The van der Waals surface area contributed by atoms with Gasteiger partial charge in [-0.3, -0.25) is 4.99 Å². The number of piperazine rings is 1. The lowest BCUT2D eigenvalue weighted by molar-refractivity contribution is -0.137. The molecule has 1 atom stereocenters. The Morgan fingerprint density at radius 1 is 1.24 bits per heavy atom. The van der Waals surface area contributed by atoms with Crippen LogP contribution in [0.1, 0.15) is 5.56 Å². The minimum Gasteiger partial charge on any atom is -0.491 e. The van der Waals surface area contributed by atoms with Crippen LogP contribution in [-0.2, 0) is 6.18 Å². The third-order valence-electron chi connectivity index (χ3n) is 4.38. The molecule has 2 aromatic rings. The average molecular weight is 429 g/mol. The number of aliphatic imine (C=N–C) groups is 1. The highest BCUT2D eigenvalue weighted by Crippen LogP contribution is 2.30. The molecule has 0 radical (unpaired) electrons. The number of hydrogen-bond donors (Lipinski definition) is 2. The van der Waals surface area contributed by atoms with E-state index < -0.39 is 17.8 Å². The van der Waals surface area contributed by atoms with Crippen molar-refractivity contribution < 1.29 is 23.0 Å². The van der Waals surface area contributed by atoms with Crippen molar-refractivity contribution in [2.24, 2.45) is 10.7 Å². The maximum absolute atomic E-state index is 12.5. The number of halogens is 3. The Bertz CT molecular complexity index is 791. The summed E-state index contributed by atoms with van der Waals surface area (Å²) in [6.07, 6.45) is -3.54. The van der Waals surface area contributed by atoms with Crippen molar-refractivity contribution in [3.63, 3.8) is 0 Å². The molecule has 1 aromatic carbocycles. The number of anilines is 1. The summed E-state index contributed by atoms with van der Waals surface area (Å²) in [5, 5.41) is 12.9. The van der Waals surface area contributed by atoms with Gasteiger partial charge in [0, 0.05) is 37.8 Å². The van der Waals surface area contributed by atoms with Crippen molar-refractivity contribution in [2.45, 2.75) is 12.3 Å². The molecule has 1 aliphatic heterocycles. The maximum Gasteiger partial charge on any atom is 0.416 e. The smallest absolute Gasteiger partial charge is 0.416 e. The lowest BCUT2D eigenvalue weighted by Crippen LogP contribution is -2.51. The van der Waals surface area contributed by atoms with Crippen LogP contribution in [0.3, 0.4) is 0 Å². The van der Waals surface area contributed by atoms with Crippen molar-refractivity contribution >= 4 is 22.4 Å². The van der Waals surface area contributed by atoms with Crippen LogP contribution in [-0.4, -0.2) is 66.4 Å². The highest BCUT2D eigenvalue weighted by atomic mass is 32.1. The summed E-state index contributed by atoms with van der Waals surface area (Å²) in [4.78, 5) is 12.6. The first-order valence-electron chi connectivity index (χ1n) is 9.00. The van der Waals surface area contributed by atoms with Crippen LogP contribution in [0, 0.1) is 0 Å². The molecule has 2 heterocycles. The summed E-state index contributed by atoms with van der Waals surface area (Å²) in [5.74, 6) is 0.588. The van der Waals surface area contributed by atoms with Crippen molar-refractivity contribution in [1.82, 2.24) is 9.88 Å². The molecular formula is C18H22F3N5O2S. The van der Waals surface area contributed by atoms with Gasteiger partial charge in [-0.15, -0.1) is 11.3 Å². The van der Waals surface area contributed by atoms with Crippen LogP contribution in [0.5, 0.6) is 5.75 Å². The Balaban J connectivity index is 1.41. The van der Waals surface area contributed by atoms with Gasteiger partial charge in [0.2, 0.25) is 0 Å². The minimum absolute atomic E-state index is 0.0408. The molecule has 7 nitrogen and oxygen atoms in total. The van der Waals surface area contributed by atoms with E-state index >= 15 is 0 Å². The van der Waals surface area contributed by atoms with Crippen LogP contribution >= 0.6 is 11.3 Å². The second kappa shape index (κ2) is 9.31. The van der Waals surface area contributed by atoms with Gasteiger partial charge in [0.25, 0.3) is 0 Å². The molecule has 11 heteroatoms. The number of guanidine groups is 1. The van der Waals surface area contributed by atoms with Crippen molar-refractivity contribution in [3.05, 3.63) is 41.4 Å². The predicted octanol–water partition coefficient (Wildman–Crippen LogP) is 2.04. The molecule has 1 aromatic heterocycles. The topological polar surface area (TPSA) is 87.2 Å². The van der Waals surface area contributed by atoms with Gasteiger partial charge >= 0.3 is 6.18 Å². The first kappa shape index (κ1) is 21.2. The molecule has 0 aliphatic carbocycles. The lowest BCUT2D eigenvalue weighted by Gasteiger charge is -2.35.